The molecule has 2 heterocycles. The quantitative estimate of drug-likeness (QED) is 0.572. The number of para-hydroxylation sites is 2. The van der Waals surface area contributed by atoms with Crippen molar-refractivity contribution in [1.82, 2.24) is 20.5 Å². The van der Waals surface area contributed by atoms with Crippen molar-refractivity contribution < 1.29 is 27.2 Å². The van der Waals surface area contributed by atoms with Crippen molar-refractivity contribution in [2.24, 2.45) is 0 Å². The zero-order chi connectivity index (χ0) is 23.1. The standard InChI is InChI=1S/C22H29F3N4O3/c1-15(21-28-16-7-2-3-8-18(16)32-21)26-20(31)17(10-14-29-12-4-5-13-29)27-19(30)9-6-11-22(23,24)25/h2-3,7-8,15,17H,4-6,9-14H2,1H3,(H,26,31)(H,27,30)/t15-,17?/m0/s1. The predicted octanol–water partition coefficient (Wildman–Crippen LogP) is 3.71. The number of alkyl halides is 3. The van der Waals surface area contributed by atoms with Gasteiger partial charge in [0, 0.05) is 19.4 Å². The molecular weight excluding hydrogens is 425 g/mol. The molecule has 0 radical (unpaired) electrons. The van der Waals surface area contributed by atoms with Gasteiger partial charge in [0.25, 0.3) is 0 Å². The molecule has 2 aromatic rings. The number of aromatic nitrogens is 1. The number of oxazole rings is 1. The van der Waals surface area contributed by atoms with Gasteiger partial charge in [-0.1, -0.05) is 12.1 Å². The molecule has 1 unspecified atom stereocenters. The molecule has 2 amide bonds. The summed E-state index contributed by atoms with van der Waals surface area (Å²) in [6, 6.07) is 5.85. The minimum absolute atomic E-state index is 0.284. The molecule has 0 bridgehead atoms. The van der Waals surface area contributed by atoms with E-state index in [0.29, 0.717) is 30.0 Å². The maximum absolute atomic E-state index is 12.9. The lowest BCUT2D eigenvalue weighted by atomic mass is 10.1. The van der Waals surface area contributed by atoms with E-state index in [1.165, 1.54) is 0 Å². The topological polar surface area (TPSA) is 87.5 Å². The van der Waals surface area contributed by atoms with Gasteiger partial charge in [-0.3, -0.25) is 9.59 Å². The van der Waals surface area contributed by atoms with Gasteiger partial charge < -0.3 is 20.0 Å². The van der Waals surface area contributed by atoms with Crippen LogP contribution >= 0.6 is 0 Å². The molecule has 1 saturated heterocycles. The van der Waals surface area contributed by atoms with E-state index < -0.39 is 36.5 Å². The SMILES string of the molecule is C[C@H](NC(=O)C(CCN1CCCC1)NC(=O)CCCC(F)(F)F)c1nc2ccccc2o1. The molecule has 0 saturated carbocycles. The van der Waals surface area contributed by atoms with Gasteiger partial charge in [-0.25, -0.2) is 4.98 Å². The van der Waals surface area contributed by atoms with Crippen LogP contribution in [0.3, 0.4) is 0 Å². The molecule has 1 fully saturated rings. The van der Waals surface area contributed by atoms with E-state index in [-0.39, 0.29) is 12.8 Å². The zero-order valence-corrected chi connectivity index (χ0v) is 18.1. The zero-order valence-electron chi connectivity index (χ0n) is 18.1. The number of carbonyl (C=O) groups is 2. The van der Waals surface area contributed by atoms with Gasteiger partial charge in [0.15, 0.2) is 5.58 Å². The van der Waals surface area contributed by atoms with Crippen LogP contribution in [0.2, 0.25) is 0 Å². The van der Waals surface area contributed by atoms with Crippen LogP contribution in [0.4, 0.5) is 13.2 Å². The number of nitrogens with one attached hydrogen (secondary N) is 2. The fraction of sp³-hybridized carbons (Fsp3) is 0.591. The van der Waals surface area contributed by atoms with E-state index >= 15 is 0 Å². The van der Waals surface area contributed by atoms with Crippen molar-refractivity contribution in [3.05, 3.63) is 30.2 Å². The molecule has 0 spiro atoms. The number of amides is 2. The largest absolute Gasteiger partial charge is 0.438 e. The van der Waals surface area contributed by atoms with E-state index in [2.05, 4.69) is 20.5 Å². The molecule has 2 N–H and O–H groups in total. The molecule has 1 aliphatic rings. The highest BCUT2D eigenvalue weighted by Gasteiger charge is 2.28. The van der Waals surface area contributed by atoms with Crippen molar-refractivity contribution >= 4 is 22.9 Å². The second-order valence-electron chi connectivity index (χ2n) is 8.18. The smallest absolute Gasteiger partial charge is 0.389 e. The van der Waals surface area contributed by atoms with Crippen LogP contribution in [0.5, 0.6) is 0 Å². The number of fused-ring (bicyclic) bond motifs is 1. The van der Waals surface area contributed by atoms with Crippen molar-refractivity contribution in [3.8, 4) is 0 Å². The average Bonchev–Trinajstić information content (AvgIpc) is 3.39. The Hall–Kier alpha value is -2.62. The van der Waals surface area contributed by atoms with Crippen LogP contribution in [-0.2, 0) is 9.59 Å². The van der Waals surface area contributed by atoms with Gasteiger partial charge >= 0.3 is 6.18 Å². The first kappa shape index (κ1) is 24.0. The van der Waals surface area contributed by atoms with E-state index in [1.54, 1.807) is 19.1 Å². The second-order valence-corrected chi connectivity index (χ2v) is 8.18. The molecule has 1 aliphatic heterocycles. The summed E-state index contributed by atoms with van der Waals surface area (Å²) in [7, 11) is 0. The van der Waals surface area contributed by atoms with Crippen molar-refractivity contribution in [2.75, 3.05) is 19.6 Å². The molecule has 7 nitrogen and oxygen atoms in total. The average molecular weight is 454 g/mol. The molecular formula is C22H29F3N4O3. The number of nitrogens with zero attached hydrogens (tertiary/aromatic N) is 2. The monoisotopic (exact) mass is 454 g/mol. The molecule has 3 rings (SSSR count). The lowest BCUT2D eigenvalue weighted by molar-refractivity contribution is -0.138. The number of rotatable bonds is 10. The first-order valence-corrected chi connectivity index (χ1v) is 11.0. The first-order valence-electron chi connectivity index (χ1n) is 11.0. The Kier molecular flexibility index (Phi) is 8.11. The fourth-order valence-corrected chi connectivity index (χ4v) is 3.75. The number of hydrogen-bond donors (Lipinski definition) is 2. The summed E-state index contributed by atoms with van der Waals surface area (Å²) in [6.07, 6.45) is -3.37. The van der Waals surface area contributed by atoms with E-state index in [1.807, 2.05) is 12.1 Å². The van der Waals surface area contributed by atoms with Gasteiger partial charge in [-0.15, -0.1) is 0 Å². The number of halogens is 3. The Balaban J connectivity index is 1.59. The maximum atomic E-state index is 12.9. The van der Waals surface area contributed by atoms with E-state index in [4.69, 9.17) is 4.42 Å². The third-order valence-corrected chi connectivity index (χ3v) is 5.49. The Bertz CT molecular complexity index is 876. The normalized spacial score (nSPS) is 16.8. The molecule has 1 aromatic heterocycles. The molecule has 2 atom stereocenters. The molecule has 1 aromatic carbocycles. The number of carbonyl (C=O) groups excluding carboxylic acids is 2. The van der Waals surface area contributed by atoms with E-state index in [0.717, 1.165) is 25.9 Å². The van der Waals surface area contributed by atoms with Gasteiger partial charge in [0.2, 0.25) is 17.7 Å². The minimum atomic E-state index is -4.30. The van der Waals surface area contributed by atoms with Crippen LogP contribution in [0.1, 0.15) is 57.4 Å². The highest BCUT2D eigenvalue weighted by Crippen LogP contribution is 2.22. The molecule has 32 heavy (non-hydrogen) atoms. The Morgan fingerprint density at radius 1 is 1.19 bits per heavy atom. The summed E-state index contributed by atoms with van der Waals surface area (Å²) in [5.74, 6) is -0.636. The molecule has 0 aliphatic carbocycles. The Morgan fingerprint density at radius 2 is 1.91 bits per heavy atom. The van der Waals surface area contributed by atoms with Gasteiger partial charge in [0.1, 0.15) is 17.6 Å². The van der Waals surface area contributed by atoms with Crippen LogP contribution in [0.25, 0.3) is 11.1 Å². The summed E-state index contributed by atoms with van der Waals surface area (Å²) in [4.78, 5) is 31.7. The third-order valence-electron chi connectivity index (χ3n) is 5.49. The van der Waals surface area contributed by atoms with Gasteiger partial charge in [0.05, 0.1) is 0 Å². The predicted molar refractivity (Wildman–Crippen MR) is 113 cm³/mol. The summed E-state index contributed by atoms with van der Waals surface area (Å²) in [5.41, 5.74) is 1.28. The summed E-state index contributed by atoms with van der Waals surface area (Å²) in [5, 5.41) is 5.42. The number of likely N-dealkylation sites (tertiary alicyclic amines) is 1. The maximum Gasteiger partial charge on any atom is 0.389 e. The van der Waals surface area contributed by atoms with Crippen LogP contribution in [0, 0.1) is 0 Å². The number of hydrogen-bond acceptors (Lipinski definition) is 5. The van der Waals surface area contributed by atoms with Crippen LogP contribution < -0.4 is 10.6 Å². The minimum Gasteiger partial charge on any atom is -0.438 e. The summed E-state index contributed by atoms with van der Waals surface area (Å²) < 4.78 is 42.8. The lowest BCUT2D eigenvalue weighted by Crippen LogP contribution is -2.48. The van der Waals surface area contributed by atoms with Crippen molar-refractivity contribution in [1.29, 1.82) is 0 Å². The van der Waals surface area contributed by atoms with Gasteiger partial charge in [-0.05, 0) is 57.8 Å². The fourth-order valence-electron chi connectivity index (χ4n) is 3.75. The third kappa shape index (κ3) is 7.22. The van der Waals surface area contributed by atoms with Crippen LogP contribution in [-0.4, -0.2) is 53.6 Å². The Labute approximate surface area is 184 Å². The Morgan fingerprint density at radius 3 is 2.59 bits per heavy atom. The van der Waals surface area contributed by atoms with Crippen molar-refractivity contribution in [2.45, 2.75) is 63.7 Å². The van der Waals surface area contributed by atoms with E-state index in [9.17, 15) is 22.8 Å². The molecule has 176 valence electrons. The highest BCUT2D eigenvalue weighted by atomic mass is 19.4. The van der Waals surface area contributed by atoms with Crippen LogP contribution in [0.15, 0.2) is 28.7 Å². The summed E-state index contributed by atoms with van der Waals surface area (Å²) in [6.45, 7) is 4.23. The molecule has 10 heteroatoms. The second kappa shape index (κ2) is 10.8. The van der Waals surface area contributed by atoms with Gasteiger partial charge in [-0.2, -0.15) is 13.2 Å². The van der Waals surface area contributed by atoms with Crippen molar-refractivity contribution in [3.63, 3.8) is 0 Å². The summed E-state index contributed by atoms with van der Waals surface area (Å²) >= 11 is 0. The highest BCUT2D eigenvalue weighted by molar-refractivity contribution is 5.87. The number of benzene rings is 1. The first-order chi connectivity index (χ1) is 15.2. The lowest BCUT2D eigenvalue weighted by Gasteiger charge is -2.23.